The van der Waals surface area contributed by atoms with Gasteiger partial charge in [0.15, 0.2) is 0 Å². The first kappa shape index (κ1) is 11.4. The van der Waals surface area contributed by atoms with Crippen molar-refractivity contribution in [3.05, 3.63) is 33.8 Å². The van der Waals surface area contributed by atoms with Gasteiger partial charge in [0.2, 0.25) is 0 Å². The standard InChI is InChI=1S/C11H11Cl2N/c1-3-4-11(14-2)8-5-6-9(12)10(13)7-8/h1,5-7,11,14H,4H2,2H3. The summed E-state index contributed by atoms with van der Waals surface area (Å²) in [5.41, 5.74) is 1.06. The summed E-state index contributed by atoms with van der Waals surface area (Å²) >= 11 is 11.7. The van der Waals surface area contributed by atoms with Gasteiger partial charge in [-0.1, -0.05) is 29.3 Å². The third-order valence-corrected chi connectivity index (χ3v) is 2.76. The lowest BCUT2D eigenvalue weighted by molar-refractivity contribution is 0.612. The van der Waals surface area contributed by atoms with E-state index in [4.69, 9.17) is 29.6 Å². The first-order chi connectivity index (χ1) is 6.69. The summed E-state index contributed by atoms with van der Waals surface area (Å²) in [6, 6.07) is 5.67. The Morgan fingerprint density at radius 3 is 2.64 bits per heavy atom. The van der Waals surface area contributed by atoms with Crippen molar-refractivity contribution in [2.45, 2.75) is 12.5 Å². The summed E-state index contributed by atoms with van der Waals surface area (Å²) in [4.78, 5) is 0. The molecule has 0 radical (unpaired) electrons. The van der Waals surface area contributed by atoms with Gasteiger partial charge in [0, 0.05) is 12.5 Å². The smallest absolute Gasteiger partial charge is 0.0595 e. The van der Waals surface area contributed by atoms with Gasteiger partial charge in [0.05, 0.1) is 10.0 Å². The molecule has 0 fully saturated rings. The van der Waals surface area contributed by atoms with E-state index in [0.29, 0.717) is 16.5 Å². The van der Waals surface area contributed by atoms with Gasteiger partial charge in [0.25, 0.3) is 0 Å². The van der Waals surface area contributed by atoms with E-state index in [-0.39, 0.29) is 6.04 Å². The van der Waals surface area contributed by atoms with Crippen LogP contribution in [0.4, 0.5) is 0 Å². The summed E-state index contributed by atoms with van der Waals surface area (Å²) < 4.78 is 0. The highest BCUT2D eigenvalue weighted by Gasteiger charge is 2.08. The number of benzene rings is 1. The minimum atomic E-state index is 0.134. The fraction of sp³-hybridized carbons (Fsp3) is 0.273. The largest absolute Gasteiger partial charge is 0.312 e. The predicted molar refractivity (Wildman–Crippen MR) is 61.7 cm³/mol. The lowest BCUT2D eigenvalue weighted by Gasteiger charge is -2.14. The number of halogens is 2. The van der Waals surface area contributed by atoms with Gasteiger partial charge in [-0.05, 0) is 24.7 Å². The minimum Gasteiger partial charge on any atom is -0.312 e. The van der Waals surface area contributed by atoms with Crippen molar-refractivity contribution in [3.63, 3.8) is 0 Å². The third kappa shape index (κ3) is 2.65. The molecule has 3 heteroatoms. The molecule has 0 amide bonds. The van der Waals surface area contributed by atoms with Gasteiger partial charge in [-0.3, -0.25) is 0 Å². The maximum atomic E-state index is 5.90. The van der Waals surface area contributed by atoms with Crippen LogP contribution in [0.25, 0.3) is 0 Å². The second kappa shape index (κ2) is 5.26. The Kier molecular flexibility index (Phi) is 4.28. The Morgan fingerprint density at radius 2 is 2.14 bits per heavy atom. The first-order valence-electron chi connectivity index (χ1n) is 4.24. The van der Waals surface area contributed by atoms with Crippen LogP contribution in [0, 0.1) is 12.3 Å². The lowest BCUT2D eigenvalue weighted by Crippen LogP contribution is -2.15. The summed E-state index contributed by atoms with van der Waals surface area (Å²) in [5, 5.41) is 4.24. The van der Waals surface area contributed by atoms with Crippen LogP contribution >= 0.6 is 23.2 Å². The Labute approximate surface area is 94.4 Å². The van der Waals surface area contributed by atoms with E-state index in [0.717, 1.165) is 5.56 Å². The number of terminal acetylenes is 1. The molecule has 0 aliphatic rings. The quantitative estimate of drug-likeness (QED) is 0.783. The maximum Gasteiger partial charge on any atom is 0.0595 e. The molecule has 0 saturated carbocycles. The van der Waals surface area contributed by atoms with E-state index in [9.17, 15) is 0 Å². The molecule has 1 aromatic rings. The molecular formula is C11H11Cl2N. The third-order valence-electron chi connectivity index (χ3n) is 2.02. The zero-order chi connectivity index (χ0) is 10.6. The summed E-state index contributed by atoms with van der Waals surface area (Å²) in [7, 11) is 1.87. The highest BCUT2D eigenvalue weighted by Crippen LogP contribution is 2.26. The highest BCUT2D eigenvalue weighted by molar-refractivity contribution is 6.42. The van der Waals surface area contributed by atoms with Gasteiger partial charge >= 0.3 is 0 Å². The average molecular weight is 228 g/mol. The van der Waals surface area contributed by atoms with E-state index in [1.54, 1.807) is 6.07 Å². The van der Waals surface area contributed by atoms with Gasteiger partial charge in [0.1, 0.15) is 0 Å². The molecule has 0 aliphatic heterocycles. The van der Waals surface area contributed by atoms with Crippen LogP contribution in [0.15, 0.2) is 18.2 Å². The fourth-order valence-corrected chi connectivity index (χ4v) is 1.54. The average Bonchev–Trinajstić information content (AvgIpc) is 2.19. The number of hydrogen-bond donors (Lipinski definition) is 1. The predicted octanol–water partition coefficient (Wildman–Crippen LogP) is 3.28. The lowest BCUT2D eigenvalue weighted by atomic mass is 10.0. The number of rotatable bonds is 3. The molecule has 74 valence electrons. The Balaban J connectivity index is 2.95. The molecular weight excluding hydrogens is 217 g/mol. The molecule has 1 nitrogen and oxygen atoms in total. The zero-order valence-electron chi connectivity index (χ0n) is 7.85. The van der Waals surface area contributed by atoms with Crippen LogP contribution in [0.3, 0.4) is 0 Å². The molecule has 0 aromatic heterocycles. The van der Waals surface area contributed by atoms with Crippen LogP contribution in [0.1, 0.15) is 18.0 Å². The Hall–Kier alpha value is -0.680. The monoisotopic (exact) mass is 227 g/mol. The molecule has 14 heavy (non-hydrogen) atoms. The van der Waals surface area contributed by atoms with E-state index in [1.807, 2.05) is 19.2 Å². The second-order valence-corrected chi connectivity index (χ2v) is 3.74. The van der Waals surface area contributed by atoms with E-state index in [1.165, 1.54) is 0 Å². The van der Waals surface area contributed by atoms with Crippen molar-refractivity contribution in [1.82, 2.24) is 5.32 Å². The maximum absolute atomic E-state index is 5.90. The van der Waals surface area contributed by atoms with Gasteiger partial charge in [-0.25, -0.2) is 0 Å². The van der Waals surface area contributed by atoms with Crippen molar-refractivity contribution in [1.29, 1.82) is 0 Å². The SMILES string of the molecule is C#CCC(NC)c1ccc(Cl)c(Cl)c1. The van der Waals surface area contributed by atoms with E-state index < -0.39 is 0 Å². The first-order valence-corrected chi connectivity index (χ1v) is 5.00. The topological polar surface area (TPSA) is 12.0 Å². The molecule has 1 aromatic carbocycles. The van der Waals surface area contributed by atoms with Crippen LogP contribution in [0.2, 0.25) is 10.0 Å². The summed E-state index contributed by atoms with van der Waals surface area (Å²) in [6.45, 7) is 0. The molecule has 0 heterocycles. The molecule has 0 aliphatic carbocycles. The van der Waals surface area contributed by atoms with Crippen LogP contribution < -0.4 is 5.32 Å². The Bertz CT molecular complexity index is 355. The Morgan fingerprint density at radius 1 is 1.43 bits per heavy atom. The molecule has 0 saturated heterocycles. The van der Waals surface area contributed by atoms with Crippen molar-refractivity contribution in [2.75, 3.05) is 7.05 Å². The second-order valence-electron chi connectivity index (χ2n) is 2.92. The molecule has 0 bridgehead atoms. The van der Waals surface area contributed by atoms with Gasteiger partial charge in [-0.15, -0.1) is 12.3 Å². The van der Waals surface area contributed by atoms with Gasteiger partial charge < -0.3 is 5.32 Å². The van der Waals surface area contributed by atoms with E-state index >= 15 is 0 Å². The van der Waals surface area contributed by atoms with Crippen molar-refractivity contribution < 1.29 is 0 Å². The van der Waals surface area contributed by atoms with E-state index in [2.05, 4.69) is 11.2 Å². The fourth-order valence-electron chi connectivity index (χ4n) is 1.23. The summed E-state index contributed by atoms with van der Waals surface area (Å²) in [5.74, 6) is 2.61. The minimum absolute atomic E-state index is 0.134. The van der Waals surface area contributed by atoms with Crippen molar-refractivity contribution in [2.24, 2.45) is 0 Å². The van der Waals surface area contributed by atoms with Crippen LogP contribution in [-0.2, 0) is 0 Å². The van der Waals surface area contributed by atoms with Crippen molar-refractivity contribution in [3.8, 4) is 12.3 Å². The molecule has 0 spiro atoms. The normalized spacial score (nSPS) is 12.1. The molecule has 1 rings (SSSR count). The molecule has 1 unspecified atom stereocenters. The molecule has 1 atom stereocenters. The van der Waals surface area contributed by atoms with Crippen LogP contribution in [0.5, 0.6) is 0 Å². The number of nitrogens with one attached hydrogen (secondary N) is 1. The van der Waals surface area contributed by atoms with Gasteiger partial charge in [-0.2, -0.15) is 0 Å². The number of hydrogen-bond acceptors (Lipinski definition) is 1. The van der Waals surface area contributed by atoms with Crippen molar-refractivity contribution >= 4 is 23.2 Å². The van der Waals surface area contributed by atoms with Crippen LogP contribution in [-0.4, -0.2) is 7.05 Å². The molecule has 1 N–H and O–H groups in total. The zero-order valence-corrected chi connectivity index (χ0v) is 9.36. The highest BCUT2D eigenvalue weighted by atomic mass is 35.5. The summed E-state index contributed by atoms with van der Waals surface area (Å²) in [6.07, 6.45) is 5.89.